The third kappa shape index (κ3) is 4.57. The van der Waals surface area contributed by atoms with Gasteiger partial charge in [0.15, 0.2) is 0 Å². The quantitative estimate of drug-likeness (QED) is 0.766. The van der Waals surface area contributed by atoms with Gasteiger partial charge in [0.25, 0.3) is 5.91 Å². The summed E-state index contributed by atoms with van der Waals surface area (Å²) in [6.07, 6.45) is 0. The number of amides is 1. The number of quaternary nitrogens is 1. The van der Waals surface area contributed by atoms with E-state index in [-0.39, 0.29) is 5.91 Å². The molecular weight excluding hydrogens is 212 g/mol. The normalized spacial score (nSPS) is 12.5. The van der Waals surface area contributed by atoms with Gasteiger partial charge in [0.2, 0.25) is 0 Å². The predicted molar refractivity (Wildman–Crippen MR) is 70.4 cm³/mol. The van der Waals surface area contributed by atoms with Gasteiger partial charge >= 0.3 is 0 Å². The molecule has 17 heavy (non-hydrogen) atoms. The molecule has 3 nitrogen and oxygen atoms in total. The minimum atomic E-state index is 0.0312. The van der Waals surface area contributed by atoms with Gasteiger partial charge in [-0.15, -0.1) is 0 Å². The molecule has 0 aromatic heterocycles. The van der Waals surface area contributed by atoms with Crippen molar-refractivity contribution in [2.75, 3.05) is 27.2 Å². The van der Waals surface area contributed by atoms with Crippen molar-refractivity contribution in [3.05, 3.63) is 35.4 Å². The first-order valence-corrected chi connectivity index (χ1v) is 6.13. The molecule has 0 heterocycles. The maximum absolute atomic E-state index is 11.9. The Labute approximate surface area is 104 Å². The van der Waals surface area contributed by atoms with E-state index in [9.17, 15) is 4.79 Å². The highest BCUT2D eigenvalue weighted by Crippen LogP contribution is 2.06. The standard InChI is InChI=1S/C14H22N2O/c1-11(10-16(3)4)9-15-14(17)13-8-6-5-7-12(13)2/h5-8,11H,9-10H2,1-4H3,(H,15,17)/p+1/t11-/m0/s1. The second kappa shape index (κ2) is 6.40. The highest BCUT2D eigenvalue weighted by molar-refractivity contribution is 5.95. The lowest BCUT2D eigenvalue weighted by molar-refractivity contribution is -0.861. The van der Waals surface area contributed by atoms with Gasteiger partial charge in [0.1, 0.15) is 0 Å². The topological polar surface area (TPSA) is 33.5 Å². The van der Waals surface area contributed by atoms with Gasteiger partial charge in [0.05, 0.1) is 20.6 Å². The van der Waals surface area contributed by atoms with Crippen LogP contribution in [0.1, 0.15) is 22.8 Å². The molecule has 3 heteroatoms. The van der Waals surface area contributed by atoms with E-state index < -0.39 is 0 Å². The summed E-state index contributed by atoms with van der Waals surface area (Å²) >= 11 is 0. The zero-order valence-electron chi connectivity index (χ0n) is 11.2. The van der Waals surface area contributed by atoms with Crippen LogP contribution >= 0.6 is 0 Å². The molecule has 0 fully saturated rings. The van der Waals surface area contributed by atoms with Crippen LogP contribution in [-0.2, 0) is 0 Å². The molecular formula is C14H23N2O+. The number of carbonyl (C=O) groups is 1. The summed E-state index contributed by atoms with van der Waals surface area (Å²) in [6, 6.07) is 7.67. The van der Waals surface area contributed by atoms with Crippen molar-refractivity contribution in [3.63, 3.8) is 0 Å². The van der Waals surface area contributed by atoms with Crippen LogP contribution in [0.3, 0.4) is 0 Å². The van der Waals surface area contributed by atoms with Gasteiger partial charge in [-0.2, -0.15) is 0 Å². The first kappa shape index (κ1) is 13.7. The van der Waals surface area contributed by atoms with Crippen molar-refractivity contribution < 1.29 is 9.69 Å². The summed E-state index contributed by atoms with van der Waals surface area (Å²) in [7, 11) is 4.25. The molecule has 94 valence electrons. The van der Waals surface area contributed by atoms with Crippen LogP contribution in [0.4, 0.5) is 0 Å². The third-order valence-electron chi connectivity index (χ3n) is 2.76. The summed E-state index contributed by atoms with van der Waals surface area (Å²) < 4.78 is 0. The second-order valence-electron chi connectivity index (χ2n) is 5.04. The molecule has 1 rings (SSSR count). The lowest BCUT2D eigenvalue weighted by Gasteiger charge is -2.15. The maximum Gasteiger partial charge on any atom is 0.251 e. The first-order chi connectivity index (χ1) is 8.00. The predicted octanol–water partition coefficient (Wildman–Crippen LogP) is 0.505. The van der Waals surface area contributed by atoms with E-state index in [1.165, 1.54) is 4.90 Å². The summed E-state index contributed by atoms with van der Waals surface area (Å²) in [4.78, 5) is 13.3. The lowest BCUT2D eigenvalue weighted by atomic mass is 10.1. The Kier molecular flexibility index (Phi) is 5.16. The molecule has 2 N–H and O–H groups in total. The fourth-order valence-corrected chi connectivity index (χ4v) is 1.96. The third-order valence-corrected chi connectivity index (χ3v) is 2.76. The van der Waals surface area contributed by atoms with Crippen LogP contribution in [0.2, 0.25) is 0 Å². The number of nitrogens with one attached hydrogen (secondary N) is 2. The van der Waals surface area contributed by atoms with Crippen molar-refractivity contribution >= 4 is 5.91 Å². The summed E-state index contributed by atoms with van der Waals surface area (Å²) in [5.74, 6) is 0.525. The summed E-state index contributed by atoms with van der Waals surface area (Å²) in [5, 5.41) is 2.99. The van der Waals surface area contributed by atoms with Gasteiger partial charge in [-0.05, 0) is 18.6 Å². The molecule has 0 saturated carbocycles. The molecule has 0 bridgehead atoms. The van der Waals surface area contributed by atoms with Gasteiger partial charge < -0.3 is 10.2 Å². The van der Waals surface area contributed by atoms with Gasteiger partial charge in [-0.3, -0.25) is 4.79 Å². The number of hydrogen-bond acceptors (Lipinski definition) is 1. The average molecular weight is 235 g/mol. The molecule has 1 aromatic rings. The summed E-state index contributed by atoms with van der Waals surface area (Å²) in [5.41, 5.74) is 1.80. The molecule has 0 aliphatic carbocycles. The minimum Gasteiger partial charge on any atom is -0.352 e. The van der Waals surface area contributed by atoms with Crippen LogP contribution in [-0.4, -0.2) is 33.1 Å². The molecule has 0 aliphatic rings. The van der Waals surface area contributed by atoms with Gasteiger partial charge in [0, 0.05) is 18.0 Å². The van der Waals surface area contributed by atoms with E-state index in [1.54, 1.807) is 0 Å². The van der Waals surface area contributed by atoms with Crippen molar-refractivity contribution in [1.29, 1.82) is 0 Å². The highest BCUT2D eigenvalue weighted by atomic mass is 16.1. The zero-order chi connectivity index (χ0) is 12.8. The van der Waals surface area contributed by atoms with E-state index in [4.69, 9.17) is 0 Å². The lowest BCUT2D eigenvalue weighted by Crippen LogP contribution is -3.06. The average Bonchev–Trinajstić information content (AvgIpc) is 2.25. The van der Waals surface area contributed by atoms with Gasteiger partial charge in [-0.1, -0.05) is 25.1 Å². The van der Waals surface area contributed by atoms with Crippen molar-refractivity contribution in [3.8, 4) is 0 Å². The number of rotatable bonds is 5. The molecule has 0 unspecified atom stereocenters. The number of aryl methyl sites for hydroxylation is 1. The molecule has 0 spiro atoms. The van der Waals surface area contributed by atoms with Crippen LogP contribution < -0.4 is 10.2 Å². The largest absolute Gasteiger partial charge is 0.352 e. The Hall–Kier alpha value is -1.35. The Morgan fingerprint density at radius 3 is 2.59 bits per heavy atom. The van der Waals surface area contributed by atoms with Crippen LogP contribution in [0.15, 0.2) is 24.3 Å². The maximum atomic E-state index is 11.9. The second-order valence-corrected chi connectivity index (χ2v) is 5.04. The molecule has 1 aromatic carbocycles. The Balaban J connectivity index is 2.48. The fraction of sp³-hybridized carbons (Fsp3) is 0.500. The number of benzene rings is 1. The van der Waals surface area contributed by atoms with E-state index in [2.05, 4.69) is 26.3 Å². The Morgan fingerprint density at radius 2 is 2.00 bits per heavy atom. The molecule has 0 aliphatic heterocycles. The Bertz CT molecular complexity index is 374. The van der Waals surface area contributed by atoms with Gasteiger partial charge in [-0.25, -0.2) is 0 Å². The monoisotopic (exact) mass is 235 g/mol. The SMILES string of the molecule is Cc1ccccc1C(=O)NC[C@H](C)C[NH+](C)C. The van der Waals surface area contributed by atoms with Crippen LogP contribution in [0.25, 0.3) is 0 Å². The zero-order valence-corrected chi connectivity index (χ0v) is 11.2. The molecule has 0 radical (unpaired) electrons. The smallest absolute Gasteiger partial charge is 0.251 e. The number of carbonyl (C=O) groups excluding carboxylic acids is 1. The van der Waals surface area contributed by atoms with E-state index >= 15 is 0 Å². The van der Waals surface area contributed by atoms with E-state index in [0.29, 0.717) is 5.92 Å². The molecule has 1 amide bonds. The molecule has 1 atom stereocenters. The Morgan fingerprint density at radius 1 is 1.35 bits per heavy atom. The van der Waals surface area contributed by atoms with E-state index in [1.807, 2.05) is 31.2 Å². The first-order valence-electron chi connectivity index (χ1n) is 6.13. The fourth-order valence-electron chi connectivity index (χ4n) is 1.96. The summed E-state index contributed by atoms with van der Waals surface area (Å²) in [6.45, 7) is 5.92. The van der Waals surface area contributed by atoms with Crippen molar-refractivity contribution in [2.24, 2.45) is 5.92 Å². The van der Waals surface area contributed by atoms with Crippen LogP contribution in [0.5, 0.6) is 0 Å². The van der Waals surface area contributed by atoms with Crippen LogP contribution in [0, 0.1) is 12.8 Å². The number of hydrogen-bond donors (Lipinski definition) is 2. The molecule has 0 saturated heterocycles. The minimum absolute atomic E-state index is 0.0312. The van der Waals surface area contributed by atoms with E-state index in [0.717, 1.165) is 24.2 Å². The van der Waals surface area contributed by atoms with Crippen molar-refractivity contribution in [2.45, 2.75) is 13.8 Å². The van der Waals surface area contributed by atoms with Crippen molar-refractivity contribution in [1.82, 2.24) is 5.32 Å². The highest BCUT2D eigenvalue weighted by Gasteiger charge is 2.11.